The molecule has 1 aromatic heterocycles. The predicted molar refractivity (Wildman–Crippen MR) is 108 cm³/mol. The van der Waals surface area contributed by atoms with Gasteiger partial charge in [-0.2, -0.15) is 0 Å². The molecule has 4 rings (SSSR count). The van der Waals surface area contributed by atoms with Crippen molar-refractivity contribution in [1.82, 2.24) is 15.2 Å². The average Bonchev–Trinajstić information content (AvgIpc) is 3.57. The van der Waals surface area contributed by atoms with Crippen molar-refractivity contribution in [2.24, 2.45) is 0 Å². The van der Waals surface area contributed by atoms with Gasteiger partial charge in [-0.15, -0.1) is 0 Å². The Balaban J connectivity index is 1.40. The summed E-state index contributed by atoms with van der Waals surface area (Å²) in [6, 6.07) is 10.5. The van der Waals surface area contributed by atoms with Crippen molar-refractivity contribution in [2.45, 2.75) is 51.2 Å². The molecule has 0 unspecified atom stereocenters. The zero-order valence-electron chi connectivity index (χ0n) is 16.1. The number of halogens is 1. The van der Waals surface area contributed by atoms with E-state index in [2.05, 4.69) is 15.2 Å². The lowest BCUT2D eigenvalue weighted by Crippen LogP contribution is -2.41. The number of benzene rings is 1. The van der Waals surface area contributed by atoms with Crippen LogP contribution in [0.5, 0.6) is 0 Å². The lowest BCUT2D eigenvalue weighted by Gasteiger charge is -2.29. The monoisotopic (exact) mass is 382 g/mol. The number of amides is 2. The molecule has 28 heavy (non-hydrogen) atoms. The smallest absolute Gasteiger partial charge is 0.318 e. The zero-order valence-corrected chi connectivity index (χ0v) is 16.1. The third kappa shape index (κ3) is 4.61. The predicted octanol–water partition coefficient (Wildman–Crippen LogP) is 4.09. The molecule has 2 heterocycles. The van der Waals surface area contributed by atoms with E-state index >= 15 is 0 Å². The molecule has 1 saturated heterocycles. The first-order valence-electron chi connectivity index (χ1n) is 10.2. The van der Waals surface area contributed by atoms with Crippen molar-refractivity contribution < 1.29 is 9.18 Å². The fourth-order valence-corrected chi connectivity index (χ4v) is 3.77. The van der Waals surface area contributed by atoms with Crippen LogP contribution in [0, 0.1) is 5.82 Å². The molecule has 1 aliphatic heterocycles. The third-order valence-corrected chi connectivity index (χ3v) is 5.47. The van der Waals surface area contributed by atoms with Gasteiger partial charge in [-0.05, 0) is 55.9 Å². The Bertz CT molecular complexity index is 800. The van der Waals surface area contributed by atoms with Gasteiger partial charge >= 0.3 is 6.03 Å². The first kappa shape index (κ1) is 18.7. The zero-order chi connectivity index (χ0) is 19.3. The topological polar surface area (TPSA) is 48.5 Å². The standard InChI is InChI=1S/C22H27FN4O/c23-19-8-6-17(7-9-19)16-27(20-10-11-20)22(28)25-15-18-5-4-12-24-21(18)26-13-2-1-3-14-26/h4-9,12,20H,1-3,10-11,13-16H2,(H,25,28). The highest BCUT2D eigenvalue weighted by molar-refractivity contribution is 5.75. The van der Waals surface area contributed by atoms with Crippen LogP contribution in [0.2, 0.25) is 0 Å². The van der Waals surface area contributed by atoms with E-state index in [-0.39, 0.29) is 17.9 Å². The van der Waals surface area contributed by atoms with Crippen LogP contribution in [0.15, 0.2) is 42.6 Å². The second-order valence-corrected chi connectivity index (χ2v) is 7.68. The Hall–Kier alpha value is -2.63. The van der Waals surface area contributed by atoms with Crippen LogP contribution in [-0.2, 0) is 13.1 Å². The summed E-state index contributed by atoms with van der Waals surface area (Å²) in [4.78, 5) is 21.6. The van der Waals surface area contributed by atoms with Crippen molar-refractivity contribution in [2.75, 3.05) is 18.0 Å². The van der Waals surface area contributed by atoms with Gasteiger partial charge in [0.15, 0.2) is 0 Å². The van der Waals surface area contributed by atoms with Gasteiger partial charge in [0.25, 0.3) is 0 Å². The average molecular weight is 382 g/mol. The summed E-state index contributed by atoms with van der Waals surface area (Å²) in [5.74, 6) is 0.729. The summed E-state index contributed by atoms with van der Waals surface area (Å²) in [6.07, 6.45) is 7.53. The normalized spacial score (nSPS) is 16.7. The minimum atomic E-state index is -0.256. The molecular formula is C22H27FN4O. The molecule has 1 saturated carbocycles. The maximum absolute atomic E-state index is 13.2. The van der Waals surface area contributed by atoms with Gasteiger partial charge in [-0.25, -0.2) is 14.2 Å². The highest BCUT2D eigenvalue weighted by atomic mass is 19.1. The SMILES string of the molecule is O=C(NCc1cccnc1N1CCCCC1)N(Cc1ccc(F)cc1)C1CC1. The molecule has 2 amide bonds. The Morgan fingerprint density at radius 1 is 1.14 bits per heavy atom. The minimum Gasteiger partial charge on any atom is -0.356 e. The molecule has 2 aromatic rings. The van der Waals surface area contributed by atoms with Crippen molar-refractivity contribution in [3.8, 4) is 0 Å². The van der Waals surface area contributed by atoms with E-state index in [4.69, 9.17) is 0 Å². The number of pyridine rings is 1. The van der Waals surface area contributed by atoms with E-state index in [1.807, 2.05) is 23.2 Å². The van der Waals surface area contributed by atoms with E-state index in [1.165, 1.54) is 31.4 Å². The third-order valence-electron chi connectivity index (χ3n) is 5.47. The molecule has 1 aromatic carbocycles. The number of urea groups is 1. The van der Waals surface area contributed by atoms with Gasteiger partial charge in [0.05, 0.1) is 0 Å². The van der Waals surface area contributed by atoms with E-state index < -0.39 is 0 Å². The number of nitrogens with one attached hydrogen (secondary N) is 1. The van der Waals surface area contributed by atoms with Crippen molar-refractivity contribution in [1.29, 1.82) is 0 Å². The van der Waals surface area contributed by atoms with Crippen LogP contribution < -0.4 is 10.2 Å². The Kier molecular flexibility index (Phi) is 5.74. The minimum absolute atomic E-state index is 0.0692. The van der Waals surface area contributed by atoms with Gasteiger partial charge < -0.3 is 15.1 Å². The number of anilines is 1. The van der Waals surface area contributed by atoms with Crippen LogP contribution in [0.4, 0.5) is 15.0 Å². The van der Waals surface area contributed by atoms with Crippen molar-refractivity contribution in [3.05, 3.63) is 59.5 Å². The Morgan fingerprint density at radius 2 is 1.89 bits per heavy atom. The lowest BCUT2D eigenvalue weighted by molar-refractivity contribution is 0.191. The van der Waals surface area contributed by atoms with Gasteiger partial charge in [0.1, 0.15) is 11.6 Å². The quantitative estimate of drug-likeness (QED) is 0.819. The highest BCUT2D eigenvalue weighted by Gasteiger charge is 2.32. The summed E-state index contributed by atoms with van der Waals surface area (Å²) in [5.41, 5.74) is 1.99. The lowest BCUT2D eigenvalue weighted by atomic mass is 10.1. The van der Waals surface area contributed by atoms with E-state index in [9.17, 15) is 9.18 Å². The molecule has 6 heteroatoms. The van der Waals surface area contributed by atoms with Crippen LogP contribution in [0.25, 0.3) is 0 Å². The maximum atomic E-state index is 13.2. The summed E-state index contributed by atoms with van der Waals surface area (Å²) >= 11 is 0. The molecule has 0 bridgehead atoms. The molecule has 1 N–H and O–H groups in total. The summed E-state index contributed by atoms with van der Waals surface area (Å²) < 4.78 is 13.2. The van der Waals surface area contributed by atoms with Crippen LogP contribution in [0.1, 0.15) is 43.2 Å². The number of carbonyl (C=O) groups excluding carboxylic acids is 1. The molecule has 2 fully saturated rings. The number of piperidine rings is 1. The Morgan fingerprint density at radius 3 is 2.61 bits per heavy atom. The molecule has 0 atom stereocenters. The molecular weight excluding hydrogens is 355 g/mol. The number of rotatable bonds is 6. The fraction of sp³-hybridized carbons (Fsp3) is 0.455. The first-order valence-corrected chi connectivity index (χ1v) is 10.2. The number of nitrogens with zero attached hydrogens (tertiary/aromatic N) is 3. The summed E-state index contributed by atoms with van der Waals surface area (Å²) in [7, 11) is 0. The molecule has 0 radical (unpaired) electrons. The van der Waals surface area contributed by atoms with Gasteiger partial charge in [-0.1, -0.05) is 18.2 Å². The van der Waals surface area contributed by atoms with Gasteiger partial charge in [-0.3, -0.25) is 0 Å². The second-order valence-electron chi connectivity index (χ2n) is 7.68. The highest BCUT2D eigenvalue weighted by Crippen LogP contribution is 2.29. The first-order chi connectivity index (χ1) is 13.7. The van der Waals surface area contributed by atoms with Crippen LogP contribution >= 0.6 is 0 Å². The van der Waals surface area contributed by atoms with Gasteiger partial charge in [0.2, 0.25) is 0 Å². The number of carbonyl (C=O) groups is 1. The maximum Gasteiger partial charge on any atom is 0.318 e. The number of hydrogen-bond acceptors (Lipinski definition) is 3. The summed E-state index contributed by atoms with van der Waals surface area (Å²) in [6.45, 7) is 3.02. The van der Waals surface area contributed by atoms with E-state index in [1.54, 1.807) is 12.1 Å². The number of hydrogen-bond donors (Lipinski definition) is 1. The van der Waals surface area contributed by atoms with Crippen LogP contribution in [0.3, 0.4) is 0 Å². The molecule has 2 aliphatic rings. The van der Waals surface area contributed by atoms with Crippen molar-refractivity contribution in [3.63, 3.8) is 0 Å². The second kappa shape index (κ2) is 8.59. The van der Waals surface area contributed by atoms with Crippen LogP contribution in [-0.4, -0.2) is 35.0 Å². The summed E-state index contributed by atoms with van der Waals surface area (Å²) in [5, 5.41) is 3.08. The van der Waals surface area contributed by atoms with E-state index in [0.29, 0.717) is 13.1 Å². The Labute approximate surface area is 165 Å². The van der Waals surface area contributed by atoms with E-state index in [0.717, 1.165) is 42.9 Å². The molecule has 148 valence electrons. The molecule has 0 spiro atoms. The molecule has 5 nitrogen and oxygen atoms in total. The molecule has 1 aliphatic carbocycles. The van der Waals surface area contributed by atoms with Crippen molar-refractivity contribution >= 4 is 11.8 Å². The largest absolute Gasteiger partial charge is 0.356 e. The number of aromatic nitrogens is 1. The fourth-order valence-electron chi connectivity index (χ4n) is 3.77. The van der Waals surface area contributed by atoms with Gasteiger partial charge in [0, 0.05) is 44.0 Å².